The van der Waals surface area contributed by atoms with Crippen molar-refractivity contribution in [2.45, 2.75) is 0 Å². The molecule has 8 heteroatoms. The number of aromatic nitrogens is 1. The number of oxazole rings is 1. The van der Waals surface area contributed by atoms with Gasteiger partial charge in [-0.25, -0.2) is 4.98 Å². The molecule has 0 aliphatic carbocycles. The van der Waals surface area contributed by atoms with E-state index in [1.54, 1.807) is 18.2 Å². The number of fused-ring (bicyclic) bond motifs is 1. The lowest BCUT2D eigenvalue weighted by Crippen LogP contribution is -2.11. The molecule has 7 nitrogen and oxygen atoms in total. The Balaban J connectivity index is 2.26. The van der Waals surface area contributed by atoms with E-state index in [9.17, 15) is 14.9 Å². The molecule has 3 aromatic rings. The Morgan fingerprint density at radius 3 is 2.73 bits per heavy atom. The number of nitrogens with zero attached hydrogens (tertiary/aromatic N) is 2. The van der Waals surface area contributed by atoms with Gasteiger partial charge in [-0.15, -0.1) is 0 Å². The highest BCUT2D eigenvalue weighted by Gasteiger charge is 2.20. The number of nitrogens with two attached hydrogens (primary N) is 1. The van der Waals surface area contributed by atoms with Crippen LogP contribution in [-0.2, 0) is 0 Å². The van der Waals surface area contributed by atoms with E-state index in [0.717, 1.165) is 10.5 Å². The summed E-state index contributed by atoms with van der Waals surface area (Å²) in [5.74, 6) is -0.565. The summed E-state index contributed by atoms with van der Waals surface area (Å²) < 4.78 is 6.41. The van der Waals surface area contributed by atoms with Crippen LogP contribution in [0.3, 0.4) is 0 Å². The Bertz CT molecular complexity index is 920. The van der Waals surface area contributed by atoms with Crippen LogP contribution in [0.25, 0.3) is 22.6 Å². The number of carbonyl (C=O) groups is 1. The number of non-ortho nitro benzene ring substituents is 1. The Labute approximate surface area is 132 Å². The van der Waals surface area contributed by atoms with Crippen molar-refractivity contribution in [2.24, 2.45) is 5.73 Å². The Morgan fingerprint density at radius 1 is 1.32 bits per heavy atom. The molecule has 2 aromatic carbocycles. The number of amides is 1. The summed E-state index contributed by atoms with van der Waals surface area (Å²) in [6.07, 6.45) is 0. The average molecular weight is 362 g/mol. The quantitative estimate of drug-likeness (QED) is 0.568. The van der Waals surface area contributed by atoms with E-state index in [1.165, 1.54) is 6.07 Å². The maximum atomic E-state index is 11.5. The number of hydrogen-bond acceptors (Lipinski definition) is 5. The molecule has 0 aliphatic heterocycles. The first-order valence-electron chi connectivity index (χ1n) is 6.10. The fourth-order valence-electron chi connectivity index (χ4n) is 2.05. The summed E-state index contributed by atoms with van der Waals surface area (Å²) in [5.41, 5.74) is 5.93. The predicted octanol–water partition coefficient (Wildman–Crippen LogP) is 3.26. The van der Waals surface area contributed by atoms with Crippen molar-refractivity contribution in [2.75, 3.05) is 0 Å². The van der Waals surface area contributed by atoms with Crippen molar-refractivity contribution in [1.29, 1.82) is 0 Å². The average Bonchev–Trinajstić information content (AvgIpc) is 2.89. The molecule has 3 rings (SSSR count). The third-order valence-corrected chi connectivity index (χ3v) is 3.52. The van der Waals surface area contributed by atoms with Crippen LogP contribution in [0.5, 0.6) is 0 Å². The number of halogens is 1. The van der Waals surface area contributed by atoms with Gasteiger partial charge in [-0.1, -0.05) is 22.0 Å². The number of benzene rings is 2. The van der Waals surface area contributed by atoms with Crippen molar-refractivity contribution < 1.29 is 14.1 Å². The number of nitro groups is 1. The number of nitro benzene ring substituents is 1. The molecule has 0 radical (unpaired) electrons. The molecule has 0 aliphatic rings. The highest BCUT2D eigenvalue weighted by atomic mass is 79.9. The van der Waals surface area contributed by atoms with Gasteiger partial charge in [-0.05, 0) is 18.2 Å². The Kier molecular flexibility index (Phi) is 3.38. The minimum Gasteiger partial charge on any atom is -0.435 e. The van der Waals surface area contributed by atoms with Crippen LogP contribution in [0.1, 0.15) is 10.4 Å². The zero-order chi connectivity index (χ0) is 15.9. The zero-order valence-corrected chi connectivity index (χ0v) is 12.5. The van der Waals surface area contributed by atoms with Gasteiger partial charge in [0.2, 0.25) is 5.89 Å². The number of rotatable bonds is 3. The van der Waals surface area contributed by atoms with E-state index in [2.05, 4.69) is 20.9 Å². The lowest BCUT2D eigenvalue weighted by Gasteiger charge is -1.97. The predicted molar refractivity (Wildman–Crippen MR) is 82.3 cm³/mol. The second-order valence-electron chi connectivity index (χ2n) is 4.49. The summed E-state index contributed by atoms with van der Waals surface area (Å²) in [6.45, 7) is 0. The van der Waals surface area contributed by atoms with Gasteiger partial charge in [0.05, 0.1) is 10.5 Å². The van der Waals surface area contributed by atoms with Gasteiger partial charge in [0, 0.05) is 22.2 Å². The van der Waals surface area contributed by atoms with Gasteiger partial charge in [0.25, 0.3) is 11.6 Å². The molecule has 1 aromatic heterocycles. The lowest BCUT2D eigenvalue weighted by molar-refractivity contribution is -0.384. The third-order valence-electron chi connectivity index (χ3n) is 3.02. The van der Waals surface area contributed by atoms with Crippen LogP contribution in [0.15, 0.2) is 45.3 Å². The van der Waals surface area contributed by atoms with E-state index >= 15 is 0 Å². The maximum Gasteiger partial charge on any atom is 0.272 e. The second-order valence-corrected chi connectivity index (χ2v) is 5.41. The van der Waals surface area contributed by atoms with Crippen molar-refractivity contribution in [3.63, 3.8) is 0 Å². The monoisotopic (exact) mass is 361 g/mol. The summed E-state index contributed by atoms with van der Waals surface area (Å²) in [6, 6.07) is 9.52. The minimum absolute atomic E-state index is 0.0713. The first-order valence-corrected chi connectivity index (χ1v) is 6.90. The standard InChI is InChI=1S/C14H8BrN3O4/c15-8-3-1-2-7(4-8)14-17-11-6-9(18(20)21)5-10(13(16)19)12(11)22-14/h1-6H,(H2,16,19). The van der Waals surface area contributed by atoms with Crippen LogP contribution in [0.2, 0.25) is 0 Å². The van der Waals surface area contributed by atoms with Crippen molar-refractivity contribution >= 4 is 38.6 Å². The van der Waals surface area contributed by atoms with E-state index in [-0.39, 0.29) is 28.2 Å². The van der Waals surface area contributed by atoms with Crippen LogP contribution in [0, 0.1) is 10.1 Å². The van der Waals surface area contributed by atoms with Gasteiger partial charge < -0.3 is 10.2 Å². The number of carbonyl (C=O) groups excluding carboxylic acids is 1. The number of primary amides is 1. The molecule has 0 atom stereocenters. The SMILES string of the molecule is NC(=O)c1cc([N+](=O)[O-])cc2nc(-c3cccc(Br)c3)oc12. The van der Waals surface area contributed by atoms with Crippen molar-refractivity contribution in [3.05, 3.63) is 56.5 Å². The molecule has 1 heterocycles. The minimum atomic E-state index is -0.814. The van der Waals surface area contributed by atoms with E-state index < -0.39 is 10.8 Å². The molecule has 0 spiro atoms. The molecule has 22 heavy (non-hydrogen) atoms. The summed E-state index contributed by atoms with van der Waals surface area (Å²) >= 11 is 3.34. The van der Waals surface area contributed by atoms with Gasteiger partial charge in [-0.3, -0.25) is 14.9 Å². The fourth-order valence-corrected chi connectivity index (χ4v) is 2.45. The highest BCUT2D eigenvalue weighted by molar-refractivity contribution is 9.10. The molecule has 2 N–H and O–H groups in total. The molecule has 0 saturated carbocycles. The Morgan fingerprint density at radius 2 is 2.09 bits per heavy atom. The zero-order valence-electron chi connectivity index (χ0n) is 10.9. The second kappa shape index (κ2) is 5.23. The molecule has 0 bridgehead atoms. The van der Waals surface area contributed by atoms with Crippen LogP contribution < -0.4 is 5.73 Å². The van der Waals surface area contributed by atoms with Crippen LogP contribution in [-0.4, -0.2) is 15.8 Å². The normalized spacial score (nSPS) is 10.8. The van der Waals surface area contributed by atoms with E-state index in [0.29, 0.717) is 5.56 Å². The maximum absolute atomic E-state index is 11.5. The third kappa shape index (κ3) is 2.44. The Hall–Kier alpha value is -2.74. The van der Waals surface area contributed by atoms with Crippen molar-refractivity contribution in [1.82, 2.24) is 4.98 Å². The van der Waals surface area contributed by atoms with Gasteiger partial charge >= 0.3 is 0 Å². The highest BCUT2D eigenvalue weighted by Crippen LogP contribution is 2.30. The van der Waals surface area contributed by atoms with E-state index in [4.69, 9.17) is 10.2 Å². The van der Waals surface area contributed by atoms with Gasteiger partial charge in [0.1, 0.15) is 5.52 Å². The molecule has 0 unspecified atom stereocenters. The van der Waals surface area contributed by atoms with Crippen LogP contribution in [0.4, 0.5) is 5.69 Å². The van der Waals surface area contributed by atoms with E-state index in [1.807, 2.05) is 6.07 Å². The van der Waals surface area contributed by atoms with Crippen LogP contribution >= 0.6 is 15.9 Å². The fraction of sp³-hybridized carbons (Fsp3) is 0. The van der Waals surface area contributed by atoms with Crippen molar-refractivity contribution in [3.8, 4) is 11.5 Å². The largest absolute Gasteiger partial charge is 0.435 e. The first kappa shape index (κ1) is 14.2. The smallest absolute Gasteiger partial charge is 0.272 e. The molecule has 0 saturated heterocycles. The summed E-state index contributed by atoms with van der Waals surface area (Å²) in [7, 11) is 0. The number of hydrogen-bond donors (Lipinski definition) is 1. The molecule has 0 fully saturated rings. The van der Waals surface area contributed by atoms with Gasteiger partial charge in [0.15, 0.2) is 5.58 Å². The molecule has 110 valence electrons. The summed E-state index contributed by atoms with van der Waals surface area (Å²) in [4.78, 5) is 26.0. The first-order chi connectivity index (χ1) is 10.5. The molecular weight excluding hydrogens is 354 g/mol. The van der Waals surface area contributed by atoms with Gasteiger partial charge in [-0.2, -0.15) is 0 Å². The summed E-state index contributed by atoms with van der Waals surface area (Å²) in [5, 5.41) is 10.9. The molecular formula is C14H8BrN3O4. The molecule has 1 amide bonds. The topological polar surface area (TPSA) is 112 Å². The lowest BCUT2D eigenvalue weighted by atomic mass is 10.1.